The van der Waals surface area contributed by atoms with Crippen LogP contribution in [0.2, 0.25) is 5.02 Å². The number of anilines is 2. The minimum Gasteiger partial charge on any atom is -0.481 e. The van der Waals surface area contributed by atoms with Gasteiger partial charge in [-0.3, -0.25) is 19.9 Å². The number of carbonyl (C=O) groups excluding carboxylic acids is 1. The van der Waals surface area contributed by atoms with Crippen LogP contribution in [0.5, 0.6) is 0 Å². The molecule has 6 N–H and O–H groups in total. The highest BCUT2D eigenvalue weighted by Gasteiger charge is 2.23. The molecule has 1 unspecified atom stereocenters. The maximum absolute atomic E-state index is 13.0. The summed E-state index contributed by atoms with van der Waals surface area (Å²) in [4.78, 5) is 26.2. The topological polar surface area (TPSA) is 132 Å². The Bertz CT molecular complexity index is 996. The number of benzene rings is 2. The lowest BCUT2D eigenvalue weighted by Gasteiger charge is -2.36. The molecule has 1 fully saturated rings. The van der Waals surface area contributed by atoms with Crippen LogP contribution in [-0.4, -0.2) is 53.4 Å². The molecule has 9 heteroatoms. The zero-order chi connectivity index (χ0) is 23.8. The summed E-state index contributed by atoms with van der Waals surface area (Å²) >= 11 is 6.17. The van der Waals surface area contributed by atoms with Crippen LogP contribution >= 0.6 is 11.6 Å². The summed E-state index contributed by atoms with van der Waals surface area (Å²) in [5.74, 6) is -1.10. The number of halogens is 1. The lowest BCUT2D eigenvalue weighted by atomic mass is 10.0. The van der Waals surface area contributed by atoms with Crippen molar-refractivity contribution >= 4 is 40.7 Å². The first-order valence-corrected chi connectivity index (χ1v) is 11.5. The fraction of sp³-hybridized carbons (Fsp3) is 0.375. The molecule has 2 aromatic rings. The number of nitrogens with zero attached hydrogens (tertiary/aromatic N) is 1. The molecule has 0 saturated carbocycles. The van der Waals surface area contributed by atoms with Gasteiger partial charge in [-0.25, -0.2) is 0 Å². The van der Waals surface area contributed by atoms with Crippen LogP contribution < -0.4 is 16.4 Å². The fourth-order valence-electron chi connectivity index (χ4n) is 4.04. The standard InChI is InChI=1S/C24H30ClN5O3/c25-17-8-11-21(28-15-19-4-1-2-12-30(19)13-3-5-22(31)32)20(14-17)24(33)29-18-9-6-16(7-10-18)23(26)27/h6-11,14,19,28H,1-5,12-13,15H2,(H3,26,27)(H,29,33)(H,31,32). The van der Waals surface area contributed by atoms with Crippen LogP contribution in [0, 0.1) is 5.41 Å². The molecule has 1 atom stereocenters. The molecule has 0 bridgehead atoms. The lowest BCUT2D eigenvalue weighted by molar-refractivity contribution is -0.137. The van der Waals surface area contributed by atoms with Gasteiger partial charge in [-0.1, -0.05) is 18.0 Å². The van der Waals surface area contributed by atoms with Crippen LogP contribution in [0.15, 0.2) is 42.5 Å². The summed E-state index contributed by atoms with van der Waals surface area (Å²) < 4.78 is 0. The Balaban J connectivity index is 1.66. The van der Waals surface area contributed by atoms with E-state index in [0.717, 1.165) is 32.4 Å². The van der Waals surface area contributed by atoms with E-state index in [2.05, 4.69) is 15.5 Å². The number of aliphatic carboxylic acids is 1. The van der Waals surface area contributed by atoms with Gasteiger partial charge in [0, 0.05) is 41.0 Å². The van der Waals surface area contributed by atoms with Crippen molar-refractivity contribution in [2.45, 2.75) is 38.1 Å². The van der Waals surface area contributed by atoms with E-state index in [1.807, 2.05) is 0 Å². The Morgan fingerprint density at radius 3 is 2.64 bits per heavy atom. The van der Waals surface area contributed by atoms with Gasteiger partial charge in [0.25, 0.3) is 5.91 Å². The van der Waals surface area contributed by atoms with Crippen molar-refractivity contribution in [3.05, 3.63) is 58.6 Å². The summed E-state index contributed by atoms with van der Waals surface area (Å²) in [7, 11) is 0. The molecule has 1 aliphatic rings. The van der Waals surface area contributed by atoms with Gasteiger partial charge in [0.15, 0.2) is 0 Å². The maximum atomic E-state index is 13.0. The normalized spacial score (nSPS) is 16.2. The third kappa shape index (κ3) is 7.20. The number of amidine groups is 1. The average Bonchev–Trinajstić information content (AvgIpc) is 2.79. The number of carbonyl (C=O) groups is 2. The molecule has 8 nitrogen and oxygen atoms in total. The molecule has 1 saturated heterocycles. The summed E-state index contributed by atoms with van der Waals surface area (Å²) in [6.07, 6.45) is 4.07. The van der Waals surface area contributed by atoms with Gasteiger partial charge in [0.2, 0.25) is 0 Å². The monoisotopic (exact) mass is 471 g/mol. The molecule has 2 aromatic carbocycles. The number of hydrogen-bond acceptors (Lipinski definition) is 5. The van der Waals surface area contributed by atoms with Crippen molar-refractivity contribution in [2.24, 2.45) is 5.73 Å². The molecule has 33 heavy (non-hydrogen) atoms. The van der Waals surface area contributed by atoms with Gasteiger partial charge in [0.05, 0.1) is 5.56 Å². The van der Waals surface area contributed by atoms with E-state index >= 15 is 0 Å². The van der Waals surface area contributed by atoms with Crippen molar-refractivity contribution in [3.8, 4) is 0 Å². The molecule has 3 rings (SSSR count). The molecule has 1 heterocycles. The number of carboxylic acid groups (broad SMARTS) is 1. The number of rotatable bonds is 10. The van der Waals surface area contributed by atoms with Crippen LogP contribution in [0.3, 0.4) is 0 Å². The molecule has 176 valence electrons. The number of nitrogens with one attached hydrogen (secondary N) is 3. The zero-order valence-corrected chi connectivity index (χ0v) is 19.2. The van der Waals surface area contributed by atoms with E-state index in [9.17, 15) is 9.59 Å². The highest BCUT2D eigenvalue weighted by molar-refractivity contribution is 6.31. The highest BCUT2D eigenvalue weighted by atomic mass is 35.5. The Hall–Kier alpha value is -3.10. The van der Waals surface area contributed by atoms with E-state index in [-0.39, 0.29) is 24.2 Å². The largest absolute Gasteiger partial charge is 0.481 e. The Morgan fingerprint density at radius 2 is 1.94 bits per heavy atom. The van der Waals surface area contributed by atoms with E-state index in [1.54, 1.807) is 42.5 Å². The van der Waals surface area contributed by atoms with Crippen molar-refractivity contribution in [1.29, 1.82) is 5.41 Å². The smallest absolute Gasteiger partial charge is 0.303 e. The summed E-state index contributed by atoms with van der Waals surface area (Å²) in [6.45, 7) is 2.36. The summed E-state index contributed by atoms with van der Waals surface area (Å²) in [5.41, 5.74) is 7.78. The van der Waals surface area contributed by atoms with Gasteiger partial charge in [-0.2, -0.15) is 0 Å². The second kappa shape index (κ2) is 11.7. The number of piperidine rings is 1. The van der Waals surface area contributed by atoms with Crippen LogP contribution in [0.1, 0.15) is 48.0 Å². The molecule has 0 aromatic heterocycles. The molecule has 0 radical (unpaired) electrons. The molecule has 0 spiro atoms. The lowest BCUT2D eigenvalue weighted by Crippen LogP contribution is -2.44. The highest BCUT2D eigenvalue weighted by Crippen LogP contribution is 2.24. The van der Waals surface area contributed by atoms with Gasteiger partial charge in [-0.05, 0) is 74.8 Å². The number of nitrogens with two attached hydrogens (primary N) is 1. The van der Waals surface area contributed by atoms with Gasteiger partial charge >= 0.3 is 5.97 Å². The van der Waals surface area contributed by atoms with E-state index in [4.69, 9.17) is 27.9 Å². The zero-order valence-electron chi connectivity index (χ0n) is 18.4. The van der Waals surface area contributed by atoms with E-state index in [0.29, 0.717) is 40.5 Å². The second-order valence-corrected chi connectivity index (χ2v) is 8.64. The number of amides is 1. The molecule has 1 aliphatic heterocycles. The van der Waals surface area contributed by atoms with Crippen LogP contribution in [0.25, 0.3) is 0 Å². The first kappa shape index (κ1) is 24.5. The van der Waals surface area contributed by atoms with E-state index in [1.165, 1.54) is 0 Å². The minimum atomic E-state index is -0.769. The first-order valence-electron chi connectivity index (χ1n) is 11.1. The van der Waals surface area contributed by atoms with Crippen LogP contribution in [-0.2, 0) is 4.79 Å². The first-order chi connectivity index (χ1) is 15.8. The third-order valence-electron chi connectivity index (χ3n) is 5.79. The SMILES string of the molecule is N=C(N)c1ccc(NC(=O)c2cc(Cl)ccc2NCC2CCCCN2CCCC(=O)O)cc1. The van der Waals surface area contributed by atoms with E-state index < -0.39 is 5.97 Å². The molecule has 1 amide bonds. The third-order valence-corrected chi connectivity index (χ3v) is 6.03. The van der Waals surface area contributed by atoms with Gasteiger partial charge in [-0.15, -0.1) is 0 Å². The average molecular weight is 472 g/mol. The van der Waals surface area contributed by atoms with Crippen molar-refractivity contribution < 1.29 is 14.7 Å². The van der Waals surface area contributed by atoms with Gasteiger partial charge < -0.3 is 21.5 Å². The number of nitrogen functional groups attached to an aromatic ring is 1. The fourth-order valence-corrected chi connectivity index (χ4v) is 4.21. The molecular formula is C24H30ClN5O3. The van der Waals surface area contributed by atoms with Gasteiger partial charge in [0.1, 0.15) is 5.84 Å². The predicted octanol–water partition coefficient (Wildman–Crippen LogP) is 4.01. The maximum Gasteiger partial charge on any atom is 0.303 e. The molecule has 0 aliphatic carbocycles. The Kier molecular flexibility index (Phi) is 8.68. The second-order valence-electron chi connectivity index (χ2n) is 8.20. The van der Waals surface area contributed by atoms with Crippen molar-refractivity contribution in [2.75, 3.05) is 30.3 Å². The van der Waals surface area contributed by atoms with Crippen molar-refractivity contribution in [1.82, 2.24) is 4.90 Å². The summed E-state index contributed by atoms with van der Waals surface area (Å²) in [6, 6.07) is 12.2. The Labute approximate surface area is 198 Å². The predicted molar refractivity (Wildman–Crippen MR) is 131 cm³/mol. The Morgan fingerprint density at radius 1 is 1.18 bits per heavy atom. The quantitative estimate of drug-likeness (QED) is 0.263. The van der Waals surface area contributed by atoms with Crippen molar-refractivity contribution in [3.63, 3.8) is 0 Å². The number of likely N-dealkylation sites (tertiary alicyclic amines) is 1. The number of carboxylic acids is 1. The summed E-state index contributed by atoms with van der Waals surface area (Å²) in [5, 5.41) is 23.1. The van der Waals surface area contributed by atoms with Crippen LogP contribution in [0.4, 0.5) is 11.4 Å². The number of hydrogen-bond donors (Lipinski definition) is 5. The minimum absolute atomic E-state index is 0.0334. The molecular weight excluding hydrogens is 442 g/mol.